The Morgan fingerprint density at radius 3 is 2.56 bits per heavy atom. The minimum atomic E-state index is -3.47. The van der Waals surface area contributed by atoms with Gasteiger partial charge in [0.05, 0.1) is 5.69 Å². The standard InChI is InChI=1S/C13H18N2O2S/c1-10-5-7-15(8-6-10)18(16,17)13-4-3-11(2)9-12(13)14/h3-5,9H,6-8,14H2,1-2H3. The molecule has 0 aliphatic carbocycles. The second-order valence-electron chi connectivity index (χ2n) is 4.70. The van der Waals surface area contributed by atoms with Crippen molar-refractivity contribution in [1.82, 2.24) is 4.31 Å². The molecule has 0 fully saturated rings. The molecule has 0 amide bonds. The van der Waals surface area contributed by atoms with Crippen molar-refractivity contribution in [3.63, 3.8) is 0 Å². The summed E-state index contributed by atoms with van der Waals surface area (Å²) in [6.07, 6.45) is 2.73. The Morgan fingerprint density at radius 1 is 1.28 bits per heavy atom. The highest BCUT2D eigenvalue weighted by Crippen LogP contribution is 2.25. The zero-order valence-corrected chi connectivity index (χ0v) is 11.5. The summed E-state index contributed by atoms with van der Waals surface area (Å²) >= 11 is 0. The first-order valence-corrected chi connectivity index (χ1v) is 7.37. The number of nitrogens with two attached hydrogens (primary N) is 1. The molecule has 5 heteroatoms. The summed E-state index contributed by atoms with van der Waals surface area (Å²) in [5, 5.41) is 0. The number of anilines is 1. The van der Waals surface area contributed by atoms with Gasteiger partial charge in [-0.25, -0.2) is 8.42 Å². The molecule has 0 unspecified atom stereocenters. The zero-order valence-electron chi connectivity index (χ0n) is 10.7. The lowest BCUT2D eigenvalue weighted by Gasteiger charge is -2.25. The molecule has 98 valence electrons. The van der Waals surface area contributed by atoms with E-state index < -0.39 is 10.0 Å². The molecule has 2 N–H and O–H groups in total. The lowest BCUT2D eigenvalue weighted by atomic mass is 10.1. The second kappa shape index (κ2) is 4.74. The van der Waals surface area contributed by atoms with Gasteiger partial charge in [0.2, 0.25) is 10.0 Å². The molecule has 0 bridgehead atoms. The van der Waals surface area contributed by atoms with Gasteiger partial charge in [-0.15, -0.1) is 0 Å². The van der Waals surface area contributed by atoms with E-state index in [1.165, 1.54) is 9.88 Å². The average Bonchev–Trinajstić information content (AvgIpc) is 2.29. The van der Waals surface area contributed by atoms with Crippen LogP contribution >= 0.6 is 0 Å². The summed E-state index contributed by atoms with van der Waals surface area (Å²) in [5.41, 5.74) is 8.33. The van der Waals surface area contributed by atoms with Crippen LogP contribution in [0.2, 0.25) is 0 Å². The number of nitrogen functional groups attached to an aromatic ring is 1. The van der Waals surface area contributed by atoms with Crippen LogP contribution in [0.3, 0.4) is 0 Å². The van der Waals surface area contributed by atoms with E-state index in [0.29, 0.717) is 18.8 Å². The van der Waals surface area contributed by atoms with Crippen LogP contribution in [0.1, 0.15) is 18.9 Å². The number of nitrogens with zero attached hydrogens (tertiary/aromatic N) is 1. The first-order valence-electron chi connectivity index (χ1n) is 5.93. The van der Waals surface area contributed by atoms with Crippen molar-refractivity contribution < 1.29 is 8.42 Å². The number of rotatable bonds is 2. The van der Waals surface area contributed by atoms with Gasteiger partial charge in [0.15, 0.2) is 0 Å². The quantitative estimate of drug-likeness (QED) is 0.657. The van der Waals surface area contributed by atoms with E-state index in [9.17, 15) is 8.42 Å². The van der Waals surface area contributed by atoms with Gasteiger partial charge < -0.3 is 5.73 Å². The summed E-state index contributed by atoms with van der Waals surface area (Å²) < 4.78 is 26.4. The maximum Gasteiger partial charge on any atom is 0.245 e. The van der Waals surface area contributed by atoms with Crippen LogP contribution in [-0.2, 0) is 10.0 Å². The Balaban J connectivity index is 2.37. The molecule has 1 heterocycles. The summed E-state index contributed by atoms with van der Waals surface area (Å²) in [6, 6.07) is 5.05. The Bertz CT molecular complexity index is 591. The van der Waals surface area contributed by atoms with E-state index in [2.05, 4.69) is 0 Å². The lowest BCUT2D eigenvalue weighted by Crippen LogP contribution is -2.35. The Hall–Kier alpha value is -1.33. The Labute approximate surface area is 108 Å². The summed E-state index contributed by atoms with van der Waals surface area (Å²) in [7, 11) is -3.47. The summed E-state index contributed by atoms with van der Waals surface area (Å²) in [4.78, 5) is 0.209. The van der Waals surface area contributed by atoms with Crippen LogP contribution in [0.15, 0.2) is 34.7 Å². The van der Waals surface area contributed by atoms with E-state index in [1.807, 2.05) is 19.9 Å². The number of hydrogen-bond donors (Lipinski definition) is 1. The highest BCUT2D eigenvalue weighted by atomic mass is 32.2. The third-order valence-electron chi connectivity index (χ3n) is 3.18. The molecule has 1 aromatic carbocycles. The fourth-order valence-electron chi connectivity index (χ4n) is 2.01. The van der Waals surface area contributed by atoms with Gasteiger partial charge in [-0.1, -0.05) is 17.7 Å². The van der Waals surface area contributed by atoms with Crippen LogP contribution in [0.4, 0.5) is 5.69 Å². The molecule has 1 aliphatic heterocycles. The summed E-state index contributed by atoms with van der Waals surface area (Å²) in [6.45, 7) is 4.86. The van der Waals surface area contributed by atoms with Crippen LogP contribution in [0.25, 0.3) is 0 Å². The van der Waals surface area contributed by atoms with Crippen LogP contribution in [0, 0.1) is 6.92 Å². The maximum atomic E-state index is 12.4. The minimum absolute atomic E-state index is 0.209. The lowest BCUT2D eigenvalue weighted by molar-refractivity contribution is 0.431. The third kappa shape index (κ3) is 2.42. The third-order valence-corrected chi connectivity index (χ3v) is 5.12. The smallest absolute Gasteiger partial charge is 0.245 e. The number of sulfonamides is 1. The molecule has 2 rings (SSSR count). The molecule has 4 nitrogen and oxygen atoms in total. The van der Waals surface area contributed by atoms with Gasteiger partial charge in [-0.2, -0.15) is 4.31 Å². The first kappa shape index (κ1) is 13.1. The fraction of sp³-hybridized carbons (Fsp3) is 0.385. The van der Waals surface area contributed by atoms with Crippen molar-refractivity contribution in [3.05, 3.63) is 35.4 Å². The molecule has 0 atom stereocenters. The van der Waals surface area contributed by atoms with Crippen molar-refractivity contribution in [1.29, 1.82) is 0 Å². The fourth-order valence-corrected chi connectivity index (χ4v) is 3.49. The Kier molecular flexibility index (Phi) is 3.45. The van der Waals surface area contributed by atoms with Gasteiger partial charge in [0.25, 0.3) is 0 Å². The number of benzene rings is 1. The van der Waals surface area contributed by atoms with Gasteiger partial charge in [0.1, 0.15) is 4.90 Å². The zero-order chi connectivity index (χ0) is 13.3. The normalized spacial score (nSPS) is 17.6. The molecule has 1 aromatic rings. The minimum Gasteiger partial charge on any atom is -0.398 e. The number of hydrogen-bond acceptors (Lipinski definition) is 3. The molecule has 0 aromatic heterocycles. The predicted octanol–water partition coefficient (Wildman–Crippen LogP) is 1.92. The summed E-state index contributed by atoms with van der Waals surface area (Å²) in [5.74, 6) is 0. The Morgan fingerprint density at radius 2 is 2.00 bits per heavy atom. The predicted molar refractivity (Wildman–Crippen MR) is 72.7 cm³/mol. The van der Waals surface area contributed by atoms with E-state index in [4.69, 9.17) is 5.73 Å². The average molecular weight is 266 g/mol. The van der Waals surface area contributed by atoms with Gasteiger partial charge >= 0.3 is 0 Å². The second-order valence-corrected chi connectivity index (χ2v) is 6.61. The van der Waals surface area contributed by atoms with E-state index in [1.54, 1.807) is 18.2 Å². The van der Waals surface area contributed by atoms with E-state index >= 15 is 0 Å². The molecular weight excluding hydrogens is 248 g/mol. The van der Waals surface area contributed by atoms with Gasteiger partial charge in [-0.05, 0) is 38.0 Å². The monoisotopic (exact) mass is 266 g/mol. The highest BCUT2D eigenvalue weighted by molar-refractivity contribution is 7.89. The SMILES string of the molecule is CC1=CCN(S(=O)(=O)c2ccc(C)cc2N)CC1. The first-order chi connectivity index (χ1) is 8.41. The molecule has 0 saturated carbocycles. The largest absolute Gasteiger partial charge is 0.398 e. The molecule has 1 aliphatic rings. The van der Waals surface area contributed by atoms with E-state index in [-0.39, 0.29) is 4.90 Å². The van der Waals surface area contributed by atoms with Crippen molar-refractivity contribution in [2.45, 2.75) is 25.2 Å². The molecular formula is C13H18N2O2S. The molecule has 0 radical (unpaired) electrons. The molecule has 0 saturated heterocycles. The maximum absolute atomic E-state index is 12.4. The highest BCUT2D eigenvalue weighted by Gasteiger charge is 2.27. The van der Waals surface area contributed by atoms with Crippen molar-refractivity contribution >= 4 is 15.7 Å². The van der Waals surface area contributed by atoms with Crippen molar-refractivity contribution in [2.24, 2.45) is 0 Å². The number of aryl methyl sites for hydroxylation is 1. The van der Waals surface area contributed by atoms with Crippen molar-refractivity contribution in [2.75, 3.05) is 18.8 Å². The van der Waals surface area contributed by atoms with Gasteiger partial charge in [0, 0.05) is 13.1 Å². The van der Waals surface area contributed by atoms with Gasteiger partial charge in [-0.3, -0.25) is 0 Å². The van der Waals surface area contributed by atoms with Crippen LogP contribution in [-0.4, -0.2) is 25.8 Å². The van der Waals surface area contributed by atoms with E-state index in [0.717, 1.165) is 12.0 Å². The van der Waals surface area contributed by atoms with Crippen LogP contribution in [0.5, 0.6) is 0 Å². The molecule has 18 heavy (non-hydrogen) atoms. The van der Waals surface area contributed by atoms with Crippen LogP contribution < -0.4 is 5.73 Å². The van der Waals surface area contributed by atoms with Crippen molar-refractivity contribution in [3.8, 4) is 0 Å². The molecule has 0 spiro atoms. The topological polar surface area (TPSA) is 63.4 Å².